The van der Waals surface area contributed by atoms with E-state index in [2.05, 4.69) is 42.2 Å². The summed E-state index contributed by atoms with van der Waals surface area (Å²) in [4.78, 5) is 27.6. The maximum absolute atomic E-state index is 13.8. The number of ether oxygens (including phenoxy) is 1. The number of hydrogen-bond acceptors (Lipinski definition) is 3. The van der Waals surface area contributed by atoms with E-state index in [1.165, 1.54) is 0 Å². The molecule has 1 heterocycles. The minimum absolute atomic E-state index is 0.0306. The van der Waals surface area contributed by atoms with Crippen molar-refractivity contribution in [3.05, 3.63) is 102 Å². The van der Waals surface area contributed by atoms with Gasteiger partial charge in [0, 0.05) is 29.5 Å². The maximum atomic E-state index is 13.8. The first-order valence-electron chi connectivity index (χ1n) is 12.3. The van der Waals surface area contributed by atoms with Gasteiger partial charge in [0.1, 0.15) is 5.75 Å². The average Bonchev–Trinajstić information content (AvgIpc) is 3.16. The summed E-state index contributed by atoms with van der Waals surface area (Å²) >= 11 is 0. The lowest BCUT2D eigenvalue weighted by molar-refractivity contribution is -0.134. The van der Waals surface area contributed by atoms with Crippen molar-refractivity contribution in [2.45, 2.75) is 32.9 Å². The number of methoxy groups -OCH3 is 1. The molecule has 0 saturated carbocycles. The van der Waals surface area contributed by atoms with Crippen molar-refractivity contribution in [3.63, 3.8) is 0 Å². The number of fused-ring (bicyclic) bond motifs is 1. The molecule has 2 aliphatic rings. The van der Waals surface area contributed by atoms with Gasteiger partial charge < -0.3 is 9.64 Å². The van der Waals surface area contributed by atoms with Gasteiger partial charge in [0.15, 0.2) is 5.78 Å². The zero-order chi connectivity index (χ0) is 24.5. The first-order valence-corrected chi connectivity index (χ1v) is 12.3. The molecule has 3 aromatic carbocycles. The van der Waals surface area contributed by atoms with Crippen LogP contribution in [-0.2, 0) is 11.3 Å². The number of likely N-dealkylation sites (tertiary alicyclic amines) is 1. The second-order valence-electron chi connectivity index (χ2n) is 9.73. The summed E-state index contributed by atoms with van der Waals surface area (Å²) in [6.45, 7) is 4.33. The highest BCUT2D eigenvalue weighted by atomic mass is 16.5. The summed E-state index contributed by atoms with van der Waals surface area (Å²) in [6.07, 6.45) is 5.40. The van der Waals surface area contributed by atoms with E-state index in [9.17, 15) is 9.59 Å². The van der Waals surface area contributed by atoms with Gasteiger partial charge >= 0.3 is 0 Å². The maximum Gasteiger partial charge on any atom is 0.227 e. The lowest BCUT2D eigenvalue weighted by Gasteiger charge is -2.31. The second-order valence-corrected chi connectivity index (χ2v) is 9.73. The van der Waals surface area contributed by atoms with Crippen molar-refractivity contribution >= 4 is 11.7 Å². The summed E-state index contributed by atoms with van der Waals surface area (Å²) in [5, 5.41) is 0. The fourth-order valence-electron chi connectivity index (χ4n) is 5.72. The van der Waals surface area contributed by atoms with Gasteiger partial charge in [0.25, 0.3) is 0 Å². The first kappa shape index (κ1) is 23.1. The Bertz CT molecular complexity index is 1260. The monoisotopic (exact) mass is 465 g/mol. The number of nitrogens with zero attached hydrogens (tertiary/aromatic N) is 1. The van der Waals surface area contributed by atoms with E-state index in [0.717, 1.165) is 34.4 Å². The van der Waals surface area contributed by atoms with E-state index in [0.29, 0.717) is 18.0 Å². The predicted molar refractivity (Wildman–Crippen MR) is 138 cm³/mol. The van der Waals surface area contributed by atoms with E-state index in [1.807, 2.05) is 54.6 Å². The first-order chi connectivity index (χ1) is 17.0. The molecule has 5 rings (SSSR count). The van der Waals surface area contributed by atoms with Crippen molar-refractivity contribution < 1.29 is 14.3 Å². The Morgan fingerprint density at radius 3 is 2.40 bits per heavy atom. The number of Topliss-reactive ketones (excluding diaryl/α,β-unsaturated/α-hetero) is 1. The summed E-state index contributed by atoms with van der Waals surface area (Å²) < 4.78 is 5.83. The van der Waals surface area contributed by atoms with Gasteiger partial charge in [-0.25, -0.2) is 0 Å². The number of hydrogen-bond donors (Lipinski definition) is 0. The molecule has 1 amide bonds. The molecule has 1 aliphatic carbocycles. The molecule has 0 spiro atoms. The van der Waals surface area contributed by atoms with E-state index >= 15 is 0 Å². The van der Waals surface area contributed by atoms with Crippen LogP contribution in [0.15, 0.2) is 84.9 Å². The molecule has 1 aliphatic heterocycles. The third-order valence-electron chi connectivity index (χ3n) is 7.53. The zero-order valence-electron chi connectivity index (χ0n) is 20.5. The predicted octanol–water partition coefficient (Wildman–Crippen LogP) is 6.48. The highest BCUT2D eigenvalue weighted by Crippen LogP contribution is 2.51. The van der Waals surface area contributed by atoms with Crippen molar-refractivity contribution in [2.24, 2.45) is 17.8 Å². The van der Waals surface area contributed by atoms with Gasteiger partial charge in [-0.15, -0.1) is 0 Å². The fourth-order valence-corrected chi connectivity index (χ4v) is 5.72. The van der Waals surface area contributed by atoms with Gasteiger partial charge in [-0.1, -0.05) is 79.7 Å². The molecule has 35 heavy (non-hydrogen) atoms. The Hall–Kier alpha value is -3.66. The molecule has 3 aromatic rings. The van der Waals surface area contributed by atoms with Crippen LogP contribution in [0.4, 0.5) is 0 Å². The Kier molecular flexibility index (Phi) is 6.29. The number of amides is 1. The Labute approximate surface area is 207 Å². The van der Waals surface area contributed by atoms with Crippen LogP contribution in [-0.4, -0.2) is 23.7 Å². The number of rotatable bonds is 6. The van der Waals surface area contributed by atoms with E-state index in [4.69, 9.17) is 4.74 Å². The highest BCUT2D eigenvalue weighted by molar-refractivity contribution is 5.94. The summed E-state index contributed by atoms with van der Waals surface area (Å²) in [7, 11) is 1.69. The second kappa shape index (κ2) is 9.53. The molecule has 178 valence electrons. The molecule has 4 nitrogen and oxygen atoms in total. The number of carbonyl (C=O) groups excluding carboxylic acids is 2. The molecule has 1 fully saturated rings. The minimum atomic E-state index is -0.113. The Balaban J connectivity index is 1.60. The summed E-state index contributed by atoms with van der Waals surface area (Å²) in [5.74, 6) is 1.43. The van der Waals surface area contributed by atoms with Crippen molar-refractivity contribution in [1.29, 1.82) is 0 Å². The summed E-state index contributed by atoms with van der Waals surface area (Å²) in [5.41, 5.74) is 4.91. The van der Waals surface area contributed by atoms with Gasteiger partial charge in [0.05, 0.1) is 13.2 Å². The highest BCUT2D eigenvalue weighted by Gasteiger charge is 2.51. The van der Waals surface area contributed by atoms with Crippen molar-refractivity contribution in [3.8, 4) is 16.9 Å². The Morgan fingerprint density at radius 2 is 1.71 bits per heavy atom. The molecule has 0 radical (unpaired) electrons. The molecule has 4 atom stereocenters. The van der Waals surface area contributed by atoms with Crippen molar-refractivity contribution in [1.82, 2.24) is 4.90 Å². The third-order valence-corrected chi connectivity index (χ3v) is 7.53. The quantitative estimate of drug-likeness (QED) is 0.309. The van der Waals surface area contributed by atoms with Gasteiger partial charge in [-0.2, -0.15) is 0 Å². The largest absolute Gasteiger partial charge is 0.496 e. The third kappa shape index (κ3) is 4.29. The van der Waals surface area contributed by atoms with Crippen LogP contribution < -0.4 is 4.74 Å². The lowest BCUT2D eigenvalue weighted by atomic mass is 9.75. The molecule has 0 aromatic heterocycles. The number of carbonyl (C=O) groups is 2. The molecule has 0 N–H and O–H groups in total. The van der Waals surface area contributed by atoms with E-state index in [-0.39, 0.29) is 29.6 Å². The molecular formula is C31H31NO3. The Morgan fingerprint density at radius 1 is 1.00 bits per heavy atom. The number of benzene rings is 3. The minimum Gasteiger partial charge on any atom is -0.496 e. The number of ketones is 1. The van der Waals surface area contributed by atoms with E-state index in [1.54, 1.807) is 14.0 Å². The van der Waals surface area contributed by atoms with Gasteiger partial charge in [0.2, 0.25) is 5.91 Å². The van der Waals surface area contributed by atoms with E-state index < -0.39 is 0 Å². The SMILES string of the molecule is COc1ccc(-c2ccc(C(C)=O)cc2)cc1[C@H]1[C@@H]2C=CC[C@H](C)[C@H]2C(=O)N1Cc1ccccc1. The van der Waals surface area contributed by atoms with Crippen LogP contribution in [0.1, 0.15) is 47.8 Å². The van der Waals surface area contributed by atoms with Gasteiger partial charge in [-0.3, -0.25) is 9.59 Å². The fraction of sp³-hybridized carbons (Fsp3) is 0.290. The van der Waals surface area contributed by atoms with Crippen LogP contribution in [0.2, 0.25) is 0 Å². The van der Waals surface area contributed by atoms with Crippen LogP contribution >= 0.6 is 0 Å². The van der Waals surface area contributed by atoms with Crippen LogP contribution in [0.5, 0.6) is 5.75 Å². The molecule has 0 unspecified atom stereocenters. The smallest absolute Gasteiger partial charge is 0.227 e. The standard InChI is InChI=1S/C31H31NO3/c1-20-8-7-11-26-29(20)31(34)32(19-22-9-5-4-6-10-22)30(26)27-18-25(16-17-28(27)35-3)24-14-12-23(13-15-24)21(2)33/h4-7,9-18,20,26,29-30H,8,19H2,1-3H3/t20-,26+,29+,30+/m0/s1. The molecule has 0 bridgehead atoms. The molecule has 4 heteroatoms. The topological polar surface area (TPSA) is 46.6 Å². The average molecular weight is 466 g/mol. The molecule has 1 saturated heterocycles. The van der Waals surface area contributed by atoms with Gasteiger partial charge in [-0.05, 0) is 48.1 Å². The van der Waals surface area contributed by atoms with Crippen LogP contribution in [0, 0.1) is 17.8 Å². The number of allylic oxidation sites excluding steroid dienone is 1. The zero-order valence-corrected chi connectivity index (χ0v) is 20.5. The van der Waals surface area contributed by atoms with Crippen LogP contribution in [0.3, 0.4) is 0 Å². The van der Waals surface area contributed by atoms with Crippen molar-refractivity contribution in [2.75, 3.05) is 7.11 Å². The lowest BCUT2D eigenvalue weighted by Crippen LogP contribution is -2.30. The normalized spacial score (nSPS) is 23.3. The summed E-state index contributed by atoms with van der Waals surface area (Å²) in [6, 6.07) is 24.0. The molecular weight excluding hydrogens is 434 g/mol. The van der Waals surface area contributed by atoms with Crippen LogP contribution in [0.25, 0.3) is 11.1 Å².